The van der Waals surface area contributed by atoms with E-state index in [-0.39, 0.29) is 0 Å². The van der Waals surface area contributed by atoms with Crippen LogP contribution < -0.4 is 5.73 Å². The van der Waals surface area contributed by atoms with Crippen molar-refractivity contribution in [2.75, 3.05) is 0 Å². The second-order valence-electron chi connectivity index (χ2n) is 3.31. The standard InChI is InChI=1S/C9H12N2O/c1-9(2,10)8-5-7(6-12)3-4-11-8/h3-6H,10H2,1-2H3. The Balaban J connectivity index is 3.10. The van der Waals surface area contributed by atoms with Crippen LogP contribution in [-0.2, 0) is 5.54 Å². The van der Waals surface area contributed by atoms with E-state index in [0.29, 0.717) is 5.56 Å². The second-order valence-corrected chi connectivity index (χ2v) is 3.31. The molecule has 12 heavy (non-hydrogen) atoms. The summed E-state index contributed by atoms with van der Waals surface area (Å²) in [5.74, 6) is 0. The molecule has 2 N–H and O–H groups in total. The summed E-state index contributed by atoms with van der Waals surface area (Å²) in [6, 6.07) is 3.36. The molecule has 0 aliphatic carbocycles. The van der Waals surface area contributed by atoms with Crippen LogP contribution in [-0.4, -0.2) is 11.3 Å². The van der Waals surface area contributed by atoms with E-state index in [1.807, 2.05) is 13.8 Å². The molecule has 0 unspecified atom stereocenters. The maximum Gasteiger partial charge on any atom is 0.150 e. The smallest absolute Gasteiger partial charge is 0.150 e. The zero-order chi connectivity index (χ0) is 9.19. The van der Waals surface area contributed by atoms with Crippen molar-refractivity contribution in [3.05, 3.63) is 29.6 Å². The normalized spacial score (nSPS) is 11.2. The fraction of sp³-hybridized carbons (Fsp3) is 0.333. The fourth-order valence-electron chi connectivity index (χ4n) is 0.873. The Bertz CT molecular complexity index is 289. The van der Waals surface area contributed by atoms with Gasteiger partial charge in [-0.2, -0.15) is 0 Å². The summed E-state index contributed by atoms with van der Waals surface area (Å²) < 4.78 is 0. The molecule has 3 nitrogen and oxygen atoms in total. The average molecular weight is 164 g/mol. The Labute approximate surface area is 71.6 Å². The second kappa shape index (κ2) is 3.03. The van der Waals surface area contributed by atoms with Gasteiger partial charge in [-0.25, -0.2) is 0 Å². The summed E-state index contributed by atoms with van der Waals surface area (Å²) in [6.45, 7) is 3.70. The molecule has 0 bridgehead atoms. The highest BCUT2D eigenvalue weighted by atomic mass is 16.1. The van der Waals surface area contributed by atoms with Gasteiger partial charge in [0.05, 0.1) is 11.2 Å². The number of aldehydes is 1. The molecule has 1 heterocycles. The van der Waals surface area contributed by atoms with Crippen LogP contribution in [0.4, 0.5) is 0 Å². The van der Waals surface area contributed by atoms with Crippen molar-refractivity contribution < 1.29 is 4.79 Å². The van der Waals surface area contributed by atoms with E-state index < -0.39 is 5.54 Å². The van der Waals surface area contributed by atoms with Gasteiger partial charge in [0.2, 0.25) is 0 Å². The maximum absolute atomic E-state index is 10.4. The monoisotopic (exact) mass is 164 g/mol. The molecule has 3 heteroatoms. The molecule has 0 spiro atoms. The third-order valence-electron chi connectivity index (χ3n) is 1.58. The third kappa shape index (κ3) is 1.89. The van der Waals surface area contributed by atoms with Gasteiger partial charge in [0.15, 0.2) is 0 Å². The number of rotatable bonds is 2. The van der Waals surface area contributed by atoms with Gasteiger partial charge in [-0.1, -0.05) is 0 Å². The SMILES string of the molecule is CC(C)(N)c1cc(C=O)ccn1. The molecule has 64 valence electrons. The molecule has 0 aromatic carbocycles. The summed E-state index contributed by atoms with van der Waals surface area (Å²) in [4.78, 5) is 14.5. The molecular formula is C9H12N2O. The Morgan fingerprint density at radius 2 is 2.25 bits per heavy atom. The van der Waals surface area contributed by atoms with Crippen LogP contribution in [0, 0.1) is 0 Å². The van der Waals surface area contributed by atoms with Crippen LogP contribution in [0.3, 0.4) is 0 Å². The quantitative estimate of drug-likeness (QED) is 0.665. The molecule has 0 saturated carbocycles. The lowest BCUT2D eigenvalue weighted by atomic mass is 10.0. The van der Waals surface area contributed by atoms with Crippen LogP contribution in [0.2, 0.25) is 0 Å². The molecule has 0 saturated heterocycles. The van der Waals surface area contributed by atoms with Crippen LogP contribution >= 0.6 is 0 Å². The predicted molar refractivity (Wildman–Crippen MR) is 46.8 cm³/mol. The minimum absolute atomic E-state index is 0.487. The Morgan fingerprint density at radius 3 is 2.75 bits per heavy atom. The number of aromatic nitrogens is 1. The first-order valence-electron chi connectivity index (χ1n) is 3.74. The lowest BCUT2D eigenvalue weighted by Gasteiger charge is -2.17. The number of nitrogens with two attached hydrogens (primary N) is 1. The van der Waals surface area contributed by atoms with Gasteiger partial charge in [-0.05, 0) is 26.0 Å². The maximum atomic E-state index is 10.4. The first-order valence-corrected chi connectivity index (χ1v) is 3.74. The number of pyridine rings is 1. The summed E-state index contributed by atoms with van der Waals surface area (Å²) in [5.41, 5.74) is 6.65. The van der Waals surface area contributed by atoms with Crippen LogP contribution in [0.5, 0.6) is 0 Å². The summed E-state index contributed by atoms with van der Waals surface area (Å²) in [6.07, 6.45) is 2.38. The van der Waals surface area contributed by atoms with Crippen LogP contribution in [0.15, 0.2) is 18.3 Å². The number of hydrogen-bond donors (Lipinski definition) is 1. The minimum Gasteiger partial charge on any atom is -0.321 e. The molecule has 0 aliphatic rings. The highest BCUT2D eigenvalue weighted by Crippen LogP contribution is 2.13. The Hall–Kier alpha value is -1.22. The number of nitrogens with zero attached hydrogens (tertiary/aromatic N) is 1. The van der Waals surface area contributed by atoms with Gasteiger partial charge in [0, 0.05) is 11.8 Å². The highest BCUT2D eigenvalue weighted by Gasteiger charge is 2.15. The van der Waals surface area contributed by atoms with E-state index in [9.17, 15) is 4.79 Å². The van der Waals surface area contributed by atoms with Crippen molar-refractivity contribution >= 4 is 6.29 Å². The largest absolute Gasteiger partial charge is 0.321 e. The van der Waals surface area contributed by atoms with E-state index in [1.54, 1.807) is 18.3 Å². The number of carbonyl (C=O) groups is 1. The van der Waals surface area contributed by atoms with E-state index in [4.69, 9.17) is 5.73 Å². The average Bonchev–Trinajstić information content (AvgIpc) is 2.03. The van der Waals surface area contributed by atoms with Gasteiger partial charge in [0.25, 0.3) is 0 Å². The number of hydrogen-bond acceptors (Lipinski definition) is 3. The zero-order valence-electron chi connectivity index (χ0n) is 7.24. The molecule has 1 rings (SSSR count). The predicted octanol–water partition coefficient (Wildman–Crippen LogP) is 1.09. The van der Waals surface area contributed by atoms with Crippen LogP contribution in [0.25, 0.3) is 0 Å². The van der Waals surface area contributed by atoms with Gasteiger partial charge in [-0.15, -0.1) is 0 Å². The Morgan fingerprint density at radius 1 is 1.58 bits per heavy atom. The van der Waals surface area contributed by atoms with Crippen molar-refractivity contribution in [3.63, 3.8) is 0 Å². The molecular weight excluding hydrogens is 152 g/mol. The van der Waals surface area contributed by atoms with Gasteiger partial charge in [0.1, 0.15) is 6.29 Å². The van der Waals surface area contributed by atoms with Crippen molar-refractivity contribution in [2.24, 2.45) is 5.73 Å². The third-order valence-corrected chi connectivity index (χ3v) is 1.58. The van der Waals surface area contributed by atoms with E-state index >= 15 is 0 Å². The summed E-state index contributed by atoms with van der Waals surface area (Å²) in [5, 5.41) is 0. The van der Waals surface area contributed by atoms with Gasteiger partial charge in [-0.3, -0.25) is 9.78 Å². The van der Waals surface area contributed by atoms with Crippen molar-refractivity contribution in [2.45, 2.75) is 19.4 Å². The lowest BCUT2D eigenvalue weighted by Crippen LogP contribution is -2.29. The number of carbonyl (C=O) groups excluding carboxylic acids is 1. The van der Waals surface area contributed by atoms with Crippen molar-refractivity contribution in [1.29, 1.82) is 0 Å². The minimum atomic E-state index is -0.487. The van der Waals surface area contributed by atoms with E-state index in [0.717, 1.165) is 12.0 Å². The molecule has 0 amide bonds. The van der Waals surface area contributed by atoms with Crippen molar-refractivity contribution in [3.8, 4) is 0 Å². The highest BCUT2D eigenvalue weighted by molar-refractivity contribution is 5.74. The van der Waals surface area contributed by atoms with Crippen LogP contribution in [0.1, 0.15) is 29.9 Å². The van der Waals surface area contributed by atoms with E-state index in [1.165, 1.54) is 0 Å². The molecule has 1 aromatic rings. The zero-order valence-corrected chi connectivity index (χ0v) is 7.24. The lowest BCUT2D eigenvalue weighted by molar-refractivity contribution is 0.112. The first-order chi connectivity index (χ1) is 5.54. The van der Waals surface area contributed by atoms with Gasteiger partial charge >= 0.3 is 0 Å². The molecule has 0 radical (unpaired) electrons. The van der Waals surface area contributed by atoms with Crippen molar-refractivity contribution in [1.82, 2.24) is 4.98 Å². The molecule has 1 aromatic heterocycles. The van der Waals surface area contributed by atoms with E-state index in [2.05, 4.69) is 4.98 Å². The topological polar surface area (TPSA) is 56.0 Å². The molecule has 0 aliphatic heterocycles. The summed E-state index contributed by atoms with van der Waals surface area (Å²) in [7, 11) is 0. The molecule has 0 fully saturated rings. The Kier molecular flexibility index (Phi) is 2.24. The van der Waals surface area contributed by atoms with Gasteiger partial charge < -0.3 is 5.73 Å². The fourth-order valence-corrected chi connectivity index (χ4v) is 0.873. The summed E-state index contributed by atoms with van der Waals surface area (Å²) >= 11 is 0. The first kappa shape index (κ1) is 8.87. The molecule has 0 atom stereocenters.